The van der Waals surface area contributed by atoms with Crippen molar-refractivity contribution < 1.29 is 5.11 Å². The van der Waals surface area contributed by atoms with Gasteiger partial charge in [0.25, 0.3) is 5.56 Å². The van der Waals surface area contributed by atoms with Gasteiger partial charge < -0.3 is 15.4 Å². The van der Waals surface area contributed by atoms with Gasteiger partial charge in [-0.05, 0) is 31.1 Å². The Morgan fingerprint density at radius 2 is 2.26 bits per heavy atom. The quantitative estimate of drug-likeness (QED) is 0.728. The minimum absolute atomic E-state index is 0.110. The van der Waals surface area contributed by atoms with Crippen LogP contribution in [0.15, 0.2) is 11.1 Å². The number of nitrogens with two attached hydrogens (primary N) is 1. The van der Waals surface area contributed by atoms with Crippen LogP contribution in [0, 0.1) is 11.8 Å². The Hall–Kier alpha value is -1.89. The summed E-state index contributed by atoms with van der Waals surface area (Å²) in [6.07, 6.45) is 4.79. The average molecular weight is 263 g/mol. The first-order valence-corrected chi connectivity index (χ1v) is 6.49. The molecule has 2 atom stereocenters. The van der Waals surface area contributed by atoms with Gasteiger partial charge in [0.15, 0.2) is 11.2 Å². The summed E-state index contributed by atoms with van der Waals surface area (Å²) in [6, 6.07) is 0. The molecule has 2 aromatic heterocycles. The van der Waals surface area contributed by atoms with Crippen molar-refractivity contribution in [2.24, 2.45) is 11.8 Å². The average Bonchev–Trinajstić information content (AvgIpc) is 2.97. The second-order valence-corrected chi connectivity index (χ2v) is 5.25. The van der Waals surface area contributed by atoms with Crippen LogP contribution >= 0.6 is 0 Å². The van der Waals surface area contributed by atoms with E-state index in [4.69, 9.17) is 10.8 Å². The first-order valence-electron chi connectivity index (χ1n) is 6.49. The number of hydrogen-bond donors (Lipinski definition) is 3. The summed E-state index contributed by atoms with van der Waals surface area (Å²) in [7, 11) is 0. The fraction of sp³-hybridized carbons (Fsp3) is 0.583. The zero-order valence-corrected chi connectivity index (χ0v) is 10.5. The summed E-state index contributed by atoms with van der Waals surface area (Å²) in [5.41, 5.74) is 6.12. The van der Waals surface area contributed by atoms with Gasteiger partial charge in [0.2, 0.25) is 5.95 Å². The maximum absolute atomic E-state index is 11.7. The van der Waals surface area contributed by atoms with Gasteiger partial charge >= 0.3 is 0 Å². The van der Waals surface area contributed by atoms with Crippen molar-refractivity contribution in [3.05, 3.63) is 16.7 Å². The number of aliphatic hydroxyl groups excluding tert-OH is 1. The Bertz CT molecular complexity index is 647. The van der Waals surface area contributed by atoms with E-state index in [1.54, 1.807) is 6.33 Å². The van der Waals surface area contributed by atoms with Crippen LogP contribution in [-0.4, -0.2) is 31.2 Å². The lowest BCUT2D eigenvalue weighted by Gasteiger charge is -2.11. The number of hydrogen-bond acceptors (Lipinski definition) is 5. The Kier molecular flexibility index (Phi) is 2.98. The molecule has 3 rings (SSSR count). The van der Waals surface area contributed by atoms with Crippen LogP contribution in [0.2, 0.25) is 0 Å². The van der Waals surface area contributed by atoms with E-state index in [1.807, 2.05) is 4.57 Å². The molecule has 0 aliphatic heterocycles. The predicted molar refractivity (Wildman–Crippen MR) is 70.5 cm³/mol. The minimum Gasteiger partial charge on any atom is -0.396 e. The van der Waals surface area contributed by atoms with Crippen molar-refractivity contribution in [1.82, 2.24) is 19.5 Å². The largest absolute Gasteiger partial charge is 0.396 e. The highest BCUT2D eigenvalue weighted by molar-refractivity contribution is 5.70. The van der Waals surface area contributed by atoms with Crippen LogP contribution in [0.25, 0.3) is 11.2 Å². The number of anilines is 1. The molecule has 7 nitrogen and oxygen atoms in total. The molecule has 0 amide bonds. The molecule has 0 saturated heterocycles. The highest BCUT2D eigenvalue weighted by atomic mass is 16.3. The molecule has 102 valence electrons. The van der Waals surface area contributed by atoms with Gasteiger partial charge in [0.1, 0.15) is 0 Å². The highest BCUT2D eigenvalue weighted by Gasteiger charge is 2.25. The molecular weight excluding hydrogens is 246 g/mol. The lowest BCUT2D eigenvalue weighted by Crippen LogP contribution is -2.14. The zero-order valence-electron chi connectivity index (χ0n) is 10.5. The summed E-state index contributed by atoms with van der Waals surface area (Å²) < 4.78 is 1.88. The number of aliphatic hydroxyl groups is 1. The maximum atomic E-state index is 11.7. The van der Waals surface area contributed by atoms with Crippen molar-refractivity contribution in [3.63, 3.8) is 0 Å². The smallest absolute Gasteiger partial charge is 0.280 e. The lowest BCUT2D eigenvalue weighted by molar-refractivity contribution is 0.225. The monoisotopic (exact) mass is 263 g/mol. The molecule has 0 unspecified atom stereocenters. The number of rotatable bonds is 3. The number of nitrogens with one attached hydrogen (secondary N) is 1. The zero-order chi connectivity index (χ0) is 13.4. The number of imidazole rings is 1. The third-order valence-electron chi connectivity index (χ3n) is 3.86. The third kappa shape index (κ3) is 2.21. The molecular formula is C12H17N5O2. The van der Waals surface area contributed by atoms with Crippen LogP contribution in [0.3, 0.4) is 0 Å². The number of aromatic amines is 1. The summed E-state index contributed by atoms with van der Waals surface area (Å²) in [5.74, 6) is 1.01. The van der Waals surface area contributed by atoms with E-state index in [-0.39, 0.29) is 18.1 Å². The Morgan fingerprint density at radius 3 is 3.00 bits per heavy atom. The molecule has 2 aromatic rings. The van der Waals surface area contributed by atoms with E-state index in [9.17, 15) is 4.79 Å². The number of nitrogen functional groups attached to an aromatic ring is 1. The molecule has 1 aliphatic rings. The van der Waals surface area contributed by atoms with E-state index < -0.39 is 0 Å². The molecule has 1 aliphatic carbocycles. The van der Waals surface area contributed by atoms with E-state index in [2.05, 4.69) is 15.0 Å². The van der Waals surface area contributed by atoms with E-state index in [1.165, 1.54) is 0 Å². The normalized spacial score (nSPS) is 23.2. The second-order valence-electron chi connectivity index (χ2n) is 5.25. The van der Waals surface area contributed by atoms with E-state index in [0.29, 0.717) is 23.0 Å². The van der Waals surface area contributed by atoms with Gasteiger partial charge in [-0.15, -0.1) is 0 Å². The molecule has 2 heterocycles. The summed E-state index contributed by atoms with van der Waals surface area (Å²) in [4.78, 5) is 22.3. The van der Waals surface area contributed by atoms with Gasteiger partial charge in [-0.1, -0.05) is 0 Å². The van der Waals surface area contributed by atoms with Gasteiger partial charge in [0, 0.05) is 13.2 Å². The predicted octanol–water partition coefficient (Wildman–Crippen LogP) is 0.110. The first kappa shape index (κ1) is 12.2. The van der Waals surface area contributed by atoms with E-state index in [0.717, 1.165) is 25.8 Å². The highest BCUT2D eigenvalue weighted by Crippen LogP contribution is 2.31. The Labute approximate surface area is 109 Å². The van der Waals surface area contributed by atoms with Crippen LogP contribution in [0.5, 0.6) is 0 Å². The Balaban J connectivity index is 1.88. The number of H-pyrrole nitrogens is 1. The third-order valence-corrected chi connectivity index (χ3v) is 3.86. The molecule has 0 aromatic carbocycles. The molecule has 0 bridgehead atoms. The number of fused-ring (bicyclic) bond motifs is 1. The summed E-state index contributed by atoms with van der Waals surface area (Å²) in [6.45, 7) is 1.02. The second kappa shape index (κ2) is 4.65. The van der Waals surface area contributed by atoms with Crippen molar-refractivity contribution in [2.75, 3.05) is 12.3 Å². The standard InChI is InChI=1S/C12H17N5O2/c13-12-15-10-9(11(19)16-12)14-6-17(10)4-7-1-2-8(3-7)5-18/h6-8,18H,1-5H2,(H3,13,15,16,19)/t7-,8+/m0/s1. The SMILES string of the molecule is Nc1nc2c(ncn2C[C@H]2CC[C@@H](CO)C2)c(=O)[nH]1. The van der Waals surface area contributed by atoms with Crippen LogP contribution in [0.4, 0.5) is 5.95 Å². The van der Waals surface area contributed by atoms with Crippen molar-refractivity contribution in [2.45, 2.75) is 25.8 Å². The molecule has 0 radical (unpaired) electrons. The molecule has 4 N–H and O–H groups in total. The number of aromatic nitrogens is 4. The topological polar surface area (TPSA) is 110 Å². The fourth-order valence-electron chi connectivity index (χ4n) is 2.89. The molecule has 0 spiro atoms. The first-order chi connectivity index (χ1) is 9.17. The van der Waals surface area contributed by atoms with Crippen molar-refractivity contribution in [3.8, 4) is 0 Å². The maximum Gasteiger partial charge on any atom is 0.280 e. The summed E-state index contributed by atoms with van der Waals surface area (Å²) >= 11 is 0. The summed E-state index contributed by atoms with van der Waals surface area (Å²) in [5, 5.41) is 9.16. The van der Waals surface area contributed by atoms with Crippen LogP contribution < -0.4 is 11.3 Å². The minimum atomic E-state index is -0.305. The van der Waals surface area contributed by atoms with Crippen LogP contribution in [0.1, 0.15) is 19.3 Å². The molecule has 1 fully saturated rings. The molecule has 7 heteroatoms. The lowest BCUT2D eigenvalue weighted by atomic mass is 10.1. The van der Waals surface area contributed by atoms with E-state index >= 15 is 0 Å². The van der Waals surface area contributed by atoms with Gasteiger partial charge in [0.05, 0.1) is 6.33 Å². The molecule has 1 saturated carbocycles. The van der Waals surface area contributed by atoms with Gasteiger partial charge in [-0.3, -0.25) is 9.78 Å². The van der Waals surface area contributed by atoms with Gasteiger partial charge in [-0.25, -0.2) is 4.98 Å². The Morgan fingerprint density at radius 1 is 1.47 bits per heavy atom. The van der Waals surface area contributed by atoms with Crippen molar-refractivity contribution >= 4 is 17.1 Å². The molecule has 19 heavy (non-hydrogen) atoms. The fourth-order valence-corrected chi connectivity index (χ4v) is 2.89. The number of nitrogens with zero attached hydrogens (tertiary/aromatic N) is 3. The van der Waals surface area contributed by atoms with Crippen molar-refractivity contribution in [1.29, 1.82) is 0 Å². The van der Waals surface area contributed by atoms with Crippen LogP contribution in [-0.2, 0) is 6.54 Å². The van der Waals surface area contributed by atoms with Gasteiger partial charge in [-0.2, -0.15) is 4.98 Å².